The fourth-order valence-corrected chi connectivity index (χ4v) is 5.02. The first-order valence-electron chi connectivity index (χ1n) is 12.4. The van der Waals surface area contributed by atoms with Crippen LogP contribution in [0.15, 0.2) is 54.6 Å². The predicted octanol–water partition coefficient (Wildman–Crippen LogP) is 10.0. The second-order valence-electron chi connectivity index (χ2n) is 9.31. The lowest BCUT2D eigenvalue weighted by Crippen LogP contribution is -2.13. The molecule has 1 aliphatic rings. The SMILES string of the molecule is CCCCCCCCC[C@H]1CC[C@H](c2ccc(-c3ccc(C=C(F)F)cc3)cc2)CC1. The number of benzene rings is 2. The van der Waals surface area contributed by atoms with Crippen LogP contribution in [0, 0.1) is 5.92 Å². The first-order chi connectivity index (χ1) is 15.2. The van der Waals surface area contributed by atoms with Gasteiger partial charge in [0, 0.05) is 6.08 Å². The number of hydrogen-bond acceptors (Lipinski definition) is 0. The molecule has 0 radical (unpaired) electrons. The van der Waals surface area contributed by atoms with Gasteiger partial charge in [-0.05, 0) is 59.8 Å². The minimum absolute atomic E-state index is 0.536. The van der Waals surface area contributed by atoms with E-state index in [1.807, 2.05) is 12.1 Å². The van der Waals surface area contributed by atoms with Crippen LogP contribution in [0.2, 0.25) is 0 Å². The minimum atomic E-state index is -1.66. The van der Waals surface area contributed by atoms with E-state index in [1.165, 1.54) is 82.6 Å². The van der Waals surface area contributed by atoms with Crippen LogP contribution in [0.25, 0.3) is 17.2 Å². The summed E-state index contributed by atoms with van der Waals surface area (Å²) in [5, 5.41) is 0. The summed E-state index contributed by atoms with van der Waals surface area (Å²) in [6.45, 7) is 2.28. The molecule has 0 bridgehead atoms. The molecule has 0 unspecified atom stereocenters. The summed E-state index contributed by atoms with van der Waals surface area (Å²) in [5.74, 6) is 1.63. The van der Waals surface area contributed by atoms with Crippen molar-refractivity contribution in [3.8, 4) is 11.1 Å². The molecule has 0 aliphatic heterocycles. The Labute approximate surface area is 187 Å². The molecular weight excluding hydrogens is 386 g/mol. The molecule has 0 N–H and O–H groups in total. The van der Waals surface area contributed by atoms with Gasteiger partial charge in [-0.15, -0.1) is 0 Å². The molecule has 0 saturated heterocycles. The predicted molar refractivity (Wildman–Crippen MR) is 129 cm³/mol. The van der Waals surface area contributed by atoms with Gasteiger partial charge in [0.25, 0.3) is 6.08 Å². The molecule has 0 nitrogen and oxygen atoms in total. The molecule has 31 heavy (non-hydrogen) atoms. The van der Waals surface area contributed by atoms with Crippen molar-refractivity contribution in [2.75, 3.05) is 0 Å². The smallest absolute Gasteiger partial charge is 0.173 e. The average molecular weight is 425 g/mol. The van der Waals surface area contributed by atoms with E-state index in [1.54, 1.807) is 12.1 Å². The zero-order chi connectivity index (χ0) is 21.9. The second-order valence-corrected chi connectivity index (χ2v) is 9.31. The van der Waals surface area contributed by atoms with E-state index in [-0.39, 0.29) is 0 Å². The van der Waals surface area contributed by atoms with Crippen molar-refractivity contribution in [2.45, 2.75) is 89.9 Å². The largest absolute Gasteiger partial charge is 0.270 e. The zero-order valence-electron chi connectivity index (χ0n) is 19.1. The van der Waals surface area contributed by atoms with Crippen molar-refractivity contribution in [1.82, 2.24) is 0 Å². The molecule has 0 aromatic heterocycles. The Balaban J connectivity index is 1.41. The molecule has 0 amide bonds. The van der Waals surface area contributed by atoms with Crippen molar-refractivity contribution < 1.29 is 8.78 Å². The first kappa shape index (κ1) is 23.7. The van der Waals surface area contributed by atoms with Gasteiger partial charge in [-0.1, -0.05) is 107 Å². The molecule has 0 heterocycles. The van der Waals surface area contributed by atoms with Crippen LogP contribution in [-0.2, 0) is 0 Å². The molecule has 1 fully saturated rings. The second kappa shape index (κ2) is 12.8. The van der Waals surface area contributed by atoms with Crippen LogP contribution >= 0.6 is 0 Å². The van der Waals surface area contributed by atoms with Crippen LogP contribution in [0.4, 0.5) is 8.78 Å². The summed E-state index contributed by atoms with van der Waals surface area (Å²) >= 11 is 0. The number of unbranched alkanes of at least 4 members (excludes halogenated alkanes) is 6. The highest BCUT2D eigenvalue weighted by Crippen LogP contribution is 2.38. The van der Waals surface area contributed by atoms with Crippen molar-refractivity contribution in [1.29, 1.82) is 0 Å². The molecule has 2 heteroatoms. The molecule has 1 aliphatic carbocycles. The third-order valence-corrected chi connectivity index (χ3v) is 6.96. The van der Waals surface area contributed by atoms with E-state index in [9.17, 15) is 8.78 Å². The topological polar surface area (TPSA) is 0 Å². The van der Waals surface area contributed by atoms with Gasteiger partial charge < -0.3 is 0 Å². The number of halogens is 2. The highest BCUT2D eigenvalue weighted by molar-refractivity contribution is 5.66. The maximum Gasteiger partial charge on any atom is 0.270 e. The molecule has 2 aromatic rings. The van der Waals surface area contributed by atoms with Crippen LogP contribution in [-0.4, -0.2) is 0 Å². The maximum absolute atomic E-state index is 12.4. The van der Waals surface area contributed by atoms with E-state index in [4.69, 9.17) is 0 Å². The fraction of sp³-hybridized carbons (Fsp3) is 0.517. The lowest BCUT2D eigenvalue weighted by molar-refractivity contribution is 0.302. The maximum atomic E-state index is 12.4. The van der Waals surface area contributed by atoms with Crippen LogP contribution in [0.1, 0.15) is 101 Å². The van der Waals surface area contributed by atoms with Crippen molar-refractivity contribution >= 4 is 6.08 Å². The number of rotatable bonds is 11. The van der Waals surface area contributed by atoms with Crippen molar-refractivity contribution in [3.05, 3.63) is 65.7 Å². The van der Waals surface area contributed by atoms with E-state index in [0.29, 0.717) is 11.5 Å². The highest BCUT2D eigenvalue weighted by Gasteiger charge is 2.22. The third kappa shape index (κ3) is 7.91. The molecular formula is C29H38F2. The summed E-state index contributed by atoms with van der Waals surface area (Å²) in [6.07, 6.45) is 15.9. The Bertz CT molecular complexity index is 776. The standard InChI is InChI=1S/C29H38F2/c1-2-3-4-5-6-7-8-9-23-10-14-25(15-11-23)27-18-20-28(21-19-27)26-16-12-24(13-17-26)22-29(30)31/h12-13,16-23,25H,2-11,14-15H2,1H3/t23-,25-. The average Bonchev–Trinajstić information content (AvgIpc) is 2.79. The van der Waals surface area contributed by atoms with Crippen molar-refractivity contribution in [3.63, 3.8) is 0 Å². The van der Waals surface area contributed by atoms with E-state index < -0.39 is 6.08 Å². The van der Waals surface area contributed by atoms with Gasteiger partial charge in [0.15, 0.2) is 0 Å². The van der Waals surface area contributed by atoms with E-state index in [2.05, 4.69) is 31.2 Å². The highest BCUT2D eigenvalue weighted by atomic mass is 19.3. The fourth-order valence-electron chi connectivity index (χ4n) is 5.02. The Morgan fingerprint density at radius 3 is 1.87 bits per heavy atom. The Kier molecular flexibility index (Phi) is 9.78. The van der Waals surface area contributed by atoms with Crippen LogP contribution in [0.3, 0.4) is 0 Å². The lowest BCUT2D eigenvalue weighted by atomic mass is 9.77. The third-order valence-electron chi connectivity index (χ3n) is 6.96. The first-order valence-corrected chi connectivity index (χ1v) is 12.4. The van der Waals surface area contributed by atoms with Gasteiger partial charge in [-0.25, -0.2) is 0 Å². The summed E-state index contributed by atoms with van der Waals surface area (Å²) in [6, 6.07) is 16.2. The molecule has 0 atom stereocenters. The van der Waals surface area contributed by atoms with Gasteiger partial charge in [0.1, 0.15) is 0 Å². The molecule has 168 valence electrons. The summed E-state index contributed by atoms with van der Waals surface area (Å²) in [7, 11) is 0. The molecule has 1 saturated carbocycles. The van der Waals surface area contributed by atoms with Crippen molar-refractivity contribution in [2.24, 2.45) is 5.92 Å². The summed E-state index contributed by atoms with van der Waals surface area (Å²) in [5.41, 5.74) is 4.21. The van der Waals surface area contributed by atoms with Crippen LogP contribution < -0.4 is 0 Å². The Morgan fingerprint density at radius 1 is 0.742 bits per heavy atom. The Hall–Kier alpha value is -1.96. The zero-order valence-corrected chi connectivity index (χ0v) is 19.1. The summed E-state index contributed by atoms with van der Waals surface area (Å²) < 4.78 is 24.8. The van der Waals surface area contributed by atoms with Gasteiger partial charge in [-0.2, -0.15) is 8.78 Å². The van der Waals surface area contributed by atoms with Gasteiger partial charge in [0.2, 0.25) is 0 Å². The van der Waals surface area contributed by atoms with Gasteiger partial charge in [-0.3, -0.25) is 0 Å². The van der Waals surface area contributed by atoms with E-state index in [0.717, 1.165) is 23.1 Å². The van der Waals surface area contributed by atoms with Gasteiger partial charge in [0.05, 0.1) is 0 Å². The Morgan fingerprint density at radius 2 is 1.29 bits per heavy atom. The minimum Gasteiger partial charge on any atom is -0.173 e. The van der Waals surface area contributed by atoms with Crippen LogP contribution in [0.5, 0.6) is 0 Å². The normalized spacial score (nSPS) is 18.7. The summed E-state index contributed by atoms with van der Waals surface area (Å²) in [4.78, 5) is 0. The molecule has 0 spiro atoms. The molecule has 3 rings (SSSR count). The monoisotopic (exact) mass is 424 g/mol. The lowest BCUT2D eigenvalue weighted by Gasteiger charge is -2.29. The van der Waals surface area contributed by atoms with Gasteiger partial charge >= 0.3 is 0 Å². The number of hydrogen-bond donors (Lipinski definition) is 0. The molecule has 2 aromatic carbocycles. The van der Waals surface area contributed by atoms with E-state index >= 15 is 0 Å². The quantitative estimate of drug-likeness (QED) is 0.315.